The number of carbonyl (C=O) groups is 1. The lowest BCUT2D eigenvalue weighted by Crippen LogP contribution is -2.54. The Labute approximate surface area is 129 Å². The Hall–Kier alpha value is -0.810. The van der Waals surface area contributed by atoms with Crippen molar-refractivity contribution in [1.29, 1.82) is 0 Å². The van der Waals surface area contributed by atoms with E-state index in [4.69, 9.17) is 4.74 Å². The van der Waals surface area contributed by atoms with E-state index in [1.54, 1.807) is 25.9 Å². The number of hydrogen-bond acceptors (Lipinski definition) is 3. The van der Waals surface area contributed by atoms with Crippen LogP contribution in [0.1, 0.15) is 59.8 Å². The first kappa shape index (κ1) is 18.2. The van der Waals surface area contributed by atoms with Crippen molar-refractivity contribution >= 4 is 6.03 Å². The number of hydrogen-bond donors (Lipinski definition) is 2. The molecule has 0 aromatic carbocycles. The van der Waals surface area contributed by atoms with Crippen LogP contribution in [-0.2, 0) is 4.74 Å². The summed E-state index contributed by atoms with van der Waals surface area (Å²) in [6.45, 7) is 7.69. The van der Waals surface area contributed by atoms with Gasteiger partial charge in [-0.25, -0.2) is 4.79 Å². The van der Waals surface area contributed by atoms with E-state index < -0.39 is 5.60 Å². The molecule has 0 heterocycles. The molecular formula is C16H32N2O3. The average Bonchev–Trinajstić information content (AvgIpc) is 2.59. The Morgan fingerprint density at radius 1 is 1.33 bits per heavy atom. The van der Waals surface area contributed by atoms with Gasteiger partial charge in [-0.05, 0) is 40.5 Å². The zero-order valence-electron chi connectivity index (χ0n) is 14.2. The van der Waals surface area contributed by atoms with Crippen LogP contribution in [0.25, 0.3) is 0 Å². The van der Waals surface area contributed by atoms with Gasteiger partial charge in [0.2, 0.25) is 0 Å². The molecule has 1 aliphatic carbocycles. The molecule has 1 saturated carbocycles. The zero-order chi connectivity index (χ0) is 16.0. The summed E-state index contributed by atoms with van der Waals surface area (Å²) in [5, 5.41) is 13.1. The van der Waals surface area contributed by atoms with Crippen molar-refractivity contribution in [3.63, 3.8) is 0 Å². The van der Waals surface area contributed by atoms with Crippen LogP contribution in [0.2, 0.25) is 0 Å². The molecule has 0 unspecified atom stereocenters. The molecule has 0 aliphatic heterocycles. The van der Waals surface area contributed by atoms with E-state index in [1.165, 1.54) is 6.42 Å². The number of carbonyl (C=O) groups excluding carboxylic acids is 1. The van der Waals surface area contributed by atoms with Gasteiger partial charge in [0.1, 0.15) is 0 Å². The molecule has 2 amide bonds. The maximum absolute atomic E-state index is 12.6. The summed E-state index contributed by atoms with van der Waals surface area (Å²) in [6, 6.07) is -0.00247. The van der Waals surface area contributed by atoms with Crippen LogP contribution >= 0.6 is 0 Å². The Bertz CT molecular complexity index is 326. The van der Waals surface area contributed by atoms with Crippen LogP contribution in [0.15, 0.2) is 0 Å². The number of rotatable bonds is 5. The van der Waals surface area contributed by atoms with E-state index in [9.17, 15) is 9.90 Å². The Kier molecular flexibility index (Phi) is 6.94. The highest BCUT2D eigenvalue weighted by Gasteiger charge is 2.29. The van der Waals surface area contributed by atoms with Crippen molar-refractivity contribution < 1.29 is 14.6 Å². The maximum Gasteiger partial charge on any atom is 0.318 e. The first-order valence-corrected chi connectivity index (χ1v) is 8.07. The maximum atomic E-state index is 12.6. The van der Waals surface area contributed by atoms with Gasteiger partial charge in [-0.1, -0.05) is 19.3 Å². The van der Waals surface area contributed by atoms with E-state index in [0.717, 1.165) is 25.7 Å². The van der Waals surface area contributed by atoms with Gasteiger partial charge in [0.25, 0.3) is 0 Å². The summed E-state index contributed by atoms with van der Waals surface area (Å²) < 4.78 is 5.54. The SMILES string of the molecule is CO[C@@H]1CCCCC[C@H]1NC(=O)N(CC(C)(C)O)C(C)C. The second kappa shape index (κ2) is 7.99. The van der Waals surface area contributed by atoms with Gasteiger partial charge in [-0.3, -0.25) is 0 Å². The molecule has 0 radical (unpaired) electrons. The van der Waals surface area contributed by atoms with Crippen molar-refractivity contribution in [3.05, 3.63) is 0 Å². The standard InChI is InChI=1S/C16H32N2O3/c1-12(2)18(11-16(3,4)20)15(19)17-13-9-7-6-8-10-14(13)21-5/h12-14,20H,6-11H2,1-5H3,(H,17,19)/t13-,14-/m1/s1. The van der Waals surface area contributed by atoms with E-state index in [1.807, 2.05) is 13.8 Å². The minimum absolute atomic E-state index is 0.0446. The summed E-state index contributed by atoms with van der Waals surface area (Å²) in [6.07, 6.45) is 5.52. The lowest BCUT2D eigenvalue weighted by Gasteiger charge is -2.34. The van der Waals surface area contributed by atoms with Crippen LogP contribution in [0.3, 0.4) is 0 Å². The highest BCUT2D eigenvalue weighted by atomic mass is 16.5. The van der Waals surface area contributed by atoms with E-state index in [0.29, 0.717) is 6.54 Å². The molecule has 1 fully saturated rings. The number of ether oxygens (including phenoxy) is 1. The number of nitrogens with zero attached hydrogens (tertiary/aromatic N) is 1. The second-order valence-electron chi connectivity index (χ2n) is 7.00. The van der Waals surface area contributed by atoms with Crippen LogP contribution in [0, 0.1) is 0 Å². The van der Waals surface area contributed by atoms with E-state index in [2.05, 4.69) is 5.32 Å². The predicted molar refractivity (Wildman–Crippen MR) is 84.3 cm³/mol. The number of aliphatic hydroxyl groups is 1. The first-order chi connectivity index (χ1) is 9.74. The Morgan fingerprint density at radius 2 is 1.95 bits per heavy atom. The molecule has 124 valence electrons. The highest BCUT2D eigenvalue weighted by Crippen LogP contribution is 2.21. The van der Waals surface area contributed by atoms with Crippen LogP contribution in [0.4, 0.5) is 4.79 Å². The summed E-state index contributed by atoms with van der Waals surface area (Å²) in [5.41, 5.74) is -0.897. The fourth-order valence-corrected chi connectivity index (χ4v) is 2.87. The van der Waals surface area contributed by atoms with Crippen LogP contribution in [-0.4, -0.2) is 53.5 Å². The second-order valence-corrected chi connectivity index (χ2v) is 7.00. The Morgan fingerprint density at radius 3 is 2.48 bits per heavy atom. The van der Waals surface area contributed by atoms with Gasteiger partial charge < -0.3 is 20.1 Å². The number of urea groups is 1. The highest BCUT2D eigenvalue weighted by molar-refractivity contribution is 5.75. The molecule has 0 aromatic rings. The van der Waals surface area contributed by atoms with Crippen molar-refractivity contribution in [2.24, 2.45) is 0 Å². The molecule has 0 bridgehead atoms. The molecule has 5 heteroatoms. The van der Waals surface area contributed by atoms with Gasteiger partial charge in [-0.2, -0.15) is 0 Å². The van der Waals surface area contributed by atoms with Gasteiger partial charge in [0.15, 0.2) is 0 Å². The summed E-state index contributed by atoms with van der Waals surface area (Å²) in [5.74, 6) is 0. The summed E-state index contributed by atoms with van der Waals surface area (Å²) >= 11 is 0. The topological polar surface area (TPSA) is 61.8 Å². The van der Waals surface area contributed by atoms with Gasteiger partial charge in [0, 0.05) is 13.2 Å². The quantitative estimate of drug-likeness (QED) is 0.767. The van der Waals surface area contributed by atoms with E-state index in [-0.39, 0.29) is 24.2 Å². The third-order valence-corrected chi connectivity index (χ3v) is 4.01. The third-order valence-electron chi connectivity index (χ3n) is 4.01. The minimum Gasteiger partial charge on any atom is -0.389 e. The first-order valence-electron chi connectivity index (χ1n) is 8.07. The lowest BCUT2D eigenvalue weighted by molar-refractivity contribution is 0.0332. The van der Waals surface area contributed by atoms with E-state index >= 15 is 0 Å². The predicted octanol–water partition coefficient (Wildman–Crippen LogP) is 2.53. The molecule has 1 aliphatic rings. The number of amides is 2. The molecule has 2 atom stereocenters. The van der Waals surface area contributed by atoms with Crippen molar-refractivity contribution in [2.45, 2.75) is 83.6 Å². The average molecular weight is 300 g/mol. The third kappa shape index (κ3) is 6.22. The Balaban J connectivity index is 2.70. The summed E-state index contributed by atoms with van der Waals surface area (Å²) in [7, 11) is 1.71. The van der Waals surface area contributed by atoms with Gasteiger partial charge >= 0.3 is 6.03 Å². The molecule has 1 rings (SSSR count). The minimum atomic E-state index is -0.897. The van der Waals surface area contributed by atoms with Crippen molar-refractivity contribution in [2.75, 3.05) is 13.7 Å². The normalized spacial score (nSPS) is 23.8. The molecule has 0 saturated heterocycles. The van der Waals surface area contributed by atoms with Crippen LogP contribution < -0.4 is 5.32 Å². The summed E-state index contributed by atoms with van der Waals surface area (Å²) in [4.78, 5) is 14.2. The van der Waals surface area contributed by atoms with Gasteiger partial charge in [-0.15, -0.1) is 0 Å². The fourth-order valence-electron chi connectivity index (χ4n) is 2.87. The van der Waals surface area contributed by atoms with Crippen molar-refractivity contribution in [1.82, 2.24) is 10.2 Å². The number of nitrogens with one attached hydrogen (secondary N) is 1. The molecular weight excluding hydrogens is 268 g/mol. The monoisotopic (exact) mass is 300 g/mol. The fraction of sp³-hybridized carbons (Fsp3) is 0.938. The molecule has 5 nitrogen and oxygen atoms in total. The molecule has 21 heavy (non-hydrogen) atoms. The lowest BCUT2D eigenvalue weighted by atomic mass is 10.1. The van der Waals surface area contributed by atoms with Crippen LogP contribution in [0.5, 0.6) is 0 Å². The number of methoxy groups -OCH3 is 1. The van der Waals surface area contributed by atoms with Gasteiger partial charge in [0.05, 0.1) is 24.3 Å². The molecule has 0 aromatic heterocycles. The molecule has 0 spiro atoms. The largest absolute Gasteiger partial charge is 0.389 e. The smallest absolute Gasteiger partial charge is 0.318 e. The molecule has 2 N–H and O–H groups in total. The van der Waals surface area contributed by atoms with Crippen molar-refractivity contribution in [3.8, 4) is 0 Å². The zero-order valence-corrected chi connectivity index (χ0v) is 14.2.